The molecule has 1 aromatic rings. The van der Waals surface area contributed by atoms with Gasteiger partial charge < -0.3 is 0 Å². The maximum Gasteiger partial charge on any atom is 0.0997 e. The number of hydrogen-bond acceptors (Lipinski definition) is 4. The Morgan fingerprint density at radius 1 is 1.22 bits per heavy atom. The molecule has 2 aliphatic carbocycles. The van der Waals surface area contributed by atoms with Crippen molar-refractivity contribution in [3.63, 3.8) is 0 Å². The van der Waals surface area contributed by atoms with E-state index in [1.54, 1.807) is 0 Å². The Morgan fingerprint density at radius 2 is 2.06 bits per heavy atom. The molecular formula is C14H14N4. The number of hydrogen-bond donors (Lipinski definition) is 0. The highest BCUT2D eigenvalue weighted by Gasteiger charge is 2.57. The molecular weight excluding hydrogens is 224 g/mol. The van der Waals surface area contributed by atoms with Crippen molar-refractivity contribution in [1.29, 1.82) is 5.26 Å². The average molecular weight is 238 g/mol. The highest BCUT2D eigenvalue weighted by atomic mass is 15.6. The molecule has 4 nitrogen and oxygen atoms in total. The first-order valence-corrected chi connectivity index (χ1v) is 6.53. The number of fused-ring (bicyclic) bond motifs is 5. The van der Waals surface area contributed by atoms with E-state index in [2.05, 4.69) is 33.5 Å². The van der Waals surface area contributed by atoms with Gasteiger partial charge in [0.1, 0.15) is 0 Å². The largest absolute Gasteiger partial charge is 0.242 e. The molecule has 1 aromatic carbocycles. The van der Waals surface area contributed by atoms with Crippen LogP contribution in [0.5, 0.6) is 0 Å². The maximum atomic E-state index is 9.16. The van der Waals surface area contributed by atoms with Gasteiger partial charge in [0.2, 0.25) is 0 Å². The Balaban J connectivity index is 1.66. The first-order valence-electron chi connectivity index (χ1n) is 6.53. The number of benzene rings is 1. The van der Waals surface area contributed by atoms with Gasteiger partial charge in [-0.2, -0.15) is 10.4 Å². The zero-order chi connectivity index (χ0) is 12.1. The second-order valence-electron chi connectivity index (χ2n) is 5.50. The Hall–Kier alpha value is -1.89. The van der Waals surface area contributed by atoms with Crippen LogP contribution in [0.1, 0.15) is 12.8 Å². The van der Waals surface area contributed by atoms with Gasteiger partial charge in [0.15, 0.2) is 0 Å². The van der Waals surface area contributed by atoms with Crippen molar-refractivity contribution in [2.75, 3.05) is 5.01 Å². The van der Waals surface area contributed by atoms with E-state index < -0.39 is 0 Å². The van der Waals surface area contributed by atoms with Crippen LogP contribution in [0.3, 0.4) is 0 Å². The minimum absolute atomic E-state index is 0.200. The summed E-state index contributed by atoms with van der Waals surface area (Å²) in [5, 5.41) is 20.0. The van der Waals surface area contributed by atoms with Crippen LogP contribution >= 0.6 is 0 Å². The van der Waals surface area contributed by atoms with Crippen LogP contribution in [0.25, 0.3) is 0 Å². The van der Waals surface area contributed by atoms with Crippen LogP contribution in [0.2, 0.25) is 0 Å². The molecule has 3 aliphatic rings. The lowest BCUT2D eigenvalue weighted by molar-refractivity contribution is 0.330. The monoisotopic (exact) mass is 238 g/mol. The summed E-state index contributed by atoms with van der Waals surface area (Å²) in [6, 6.07) is 13.3. The van der Waals surface area contributed by atoms with Gasteiger partial charge in [-0.3, -0.25) is 0 Å². The standard InChI is InChI=1S/C14H14N4/c15-8-10-6-9-7-12(10)13-14(9)18(17-16-13)11-4-2-1-3-5-11/h1-5,9-10,12-14H,6-7H2/t9-,10-,12-,13+,14-/m1/s1. The lowest BCUT2D eigenvalue weighted by Gasteiger charge is -2.30. The van der Waals surface area contributed by atoms with Gasteiger partial charge in [-0.1, -0.05) is 23.4 Å². The van der Waals surface area contributed by atoms with E-state index in [1.807, 2.05) is 18.2 Å². The van der Waals surface area contributed by atoms with Crippen LogP contribution in [-0.2, 0) is 0 Å². The van der Waals surface area contributed by atoms with Gasteiger partial charge in [0, 0.05) is 5.92 Å². The highest BCUT2D eigenvalue weighted by Crippen LogP contribution is 2.54. The minimum atomic E-state index is 0.200. The molecule has 90 valence electrons. The average Bonchev–Trinajstić information content (AvgIpc) is 3.10. The first-order chi connectivity index (χ1) is 8.88. The number of rotatable bonds is 1. The number of nitriles is 1. The van der Waals surface area contributed by atoms with Crippen molar-refractivity contribution in [3.8, 4) is 6.07 Å². The van der Waals surface area contributed by atoms with Gasteiger partial charge in [-0.25, -0.2) is 5.01 Å². The van der Waals surface area contributed by atoms with E-state index in [0.717, 1.165) is 18.5 Å². The van der Waals surface area contributed by atoms with Crippen LogP contribution in [0, 0.1) is 29.1 Å². The number of nitrogens with zero attached hydrogens (tertiary/aromatic N) is 4. The fourth-order valence-electron chi connectivity index (χ4n) is 3.93. The molecule has 0 aromatic heterocycles. The smallest absolute Gasteiger partial charge is 0.0997 e. The molecule has 2 fully saturated rings. The maximum absolute atomic E-state index is 9.16. The summed E-state index contributed by atoms with van der Waals surface area (Å²) in [6.07, 6.45) is 2.17. The first kappa shape index (κ1) is 10.1. The Labute approximate surface area is 106 Å². The lowest BCUT2D eigenvalue weighted by Crippen LogP contribution is -2.41. The molecule has 0 N–H and O–H groups in total. The fraction of sp³-hybridized carbons (Fsp3) is 0.500. The van der Waals surface area contributed by atoms with Crippen molar-refractivity contribution in [1.82, 2.24) is 0 Å². The zero-order valence-corrected chi connectivity index (χ0v) is 9.98. The number of anilines is 1. The molecule has 0 amide bonds. The Bertz CT molecular complexity index is 532. The summed E-state index contributed by atoms with van der Waals surface area (Å²) in [5.41, 5.74) is 1.12. The summed E-state index contributed by atoms with van der Waals surface area (Å²) in [6.45, 7) is 0. The molecule has 4 rings (SSSR count). The second-order valence-corrected chi connectivity index (χ2v) is 5.50. The summed E-state index contributed by atoms with van der Waals surface area (Å²) in [5.74, 6) is 1.22. The van der Waals surface area contributed by atoms with Crippen molar-refractivity contribution >= 4 is 5.69 Å². The van der Waals surface area contributed by atoms with Gasteiger partial charge in [0.25, 0.3) is 0 Å². The van der Waals surface area contributed by atoms with Gasteiger partial charge >= 0.3 is 0 Å². The summed E-state index contributed by atoms with van der Waals surface area (Å²) in [7, 11) is 0. The molecule has 0 radical (unpaired) electrons. The second kappa shape index (κ2) is 3.55. The molecule has 2 bridgehead atoms. The summed E-state index contributed by atoms with van der Waals surface area (Å²) < 4.78 is 0. The van der Waals surface area contributed by atoms with E-state index in [0.29, 0.717) is 17.9 Å². The van der Waals surface area contributed by atoms with E-state index in [1.165, 1.54) is 0 Å². The normalized spacial score (nSPS) is 39.9. The van der Waals surface area contributed by atoms with E-state index in [9.17, 15) is 0 Å². The van der Waals surface area contributed by atoms with E-state index in [4.69, 9.17) is 5.26 Å². The third kappa shape index (κ3) is 1.19. The Kier molecular flexibility index (Phi) is 1.99. The SMILES string of the molecule is N#C[C@H]1C[C@@H]2C[C@H]1[C@@H]1N=NN(c3ccccc3)[C@H]21. The van der Waals surface area contributed by atoms with Crippen molar-refractivity contribution in [2.24, 2.45) is 28.1 Å². The van der Waals surface area contributed by atoms with Crippen molar-refractivity contribution in [2.45, 2.75) is 24.9 Å². The molecule has 1 aliphatic heterocycles. The van der Waals surface area contributed by atoms with Gasteiger partial charge in [0.05, 0.1) is 29.8 Å². The van der Waals surface area contributed by atoms with Crippen LogP contribution < -0.4 is 5.01 Å². The zero-order valence-electron chi connectivity index (χ0n) is 9.98. The van der Waals surface area contributed by atoms with Crippen LogP contribution in [0.4, 0.5) is 5.69 Å². The van der Waals surface area contributed by atoms with Crippen LogP contribution in [0.15, 0.2) is 40.7 Å². The molecule has 4 heteroatoms. The van der Waals surface area contributed by atoms with Gasteiger partial charge in [-0.05, 0) is 30.9 Å². The predicted molar refractivity (Wildman–Crippen MR) is 66.7 cm³/mol. The topological polar surface area (TPSA) is 51.8 Å². The predicted octanol–water partition coefficient (Wildman–Crippen LogP) is 2.79. The molecule has 18 heavy (non-hydrogen) atoms. The molecule has 0 spiro atoms. The lowest BCUT2D eigenvalue weighted by atomic mass is 9.83. The molecule has 5 atom stereocenters. The van der Waals surface area contributed by atoms with Crippen molar-refractivity contribution in [3.05, 3.63) is 30.3 Å². The molecule has 0 unspecified atom stereocenters. The van der Waals surface area contributed by atoms with Gasteiger partial charge in [-0.15, -0.1) is 0 Å². The van der Waals surface area contributed by atoms with Crippen molar-refractivity contribution < 1.29 is 0 Å². The molecule has 2 saturated carbocycles. The van der Waals surface area contributed by atoms with E-state index >= 15 is 0 Å². The van der Waals surface area contributed by atoms with Crippen LogP contribution in [-0.4, -0.2) is 12.1 Å². The summed E-state index contributed by atoms with van der Waals surface area (Å²) in [4.78, 5) is 0. The third-order valence-electron chi connectivity index (χ3n) is 4.67. The fourth-order valence-corrected chi connectivity index (χ4v) is 3.93. The number of para-hydroxylation sites is 1. The molecule has 1 heterocycles. The Morgan fingerprint density at radius 3 is 2.83 bits per heavy atom. The third-order valence-corrected chi connectivity index (χ3v) is 4.67. The summed E-state index contributed by atoms with van der Waals surface area (Å²) >= 11 is 0. The van der Waals surface area contributed by atoms with E-state index in [-0.39, 0.29) is 12.0 Å². The molecule has 0 saturated heterocycles. The minimum Gasteiger partial charge on any atom is -0.242 e. The quantitative estimate of drug-likeness (QED) is 0.755. The highest BCUT2D eigenvalue weighted by molar-refractivity contribution is 5.48.